The van der Waals surface area contributed by atoms with Gasteiger partial charge in [-0.05, 0) is 36.9 Å². The molecule has 1 saturated carbocycles. The van der Waals surface area contributed by atoms with Crippen LogP contribution in [0.2, 0.25) is 0 Å². The minimum Gasteiger partial charge on any atom is -0.363 e. The van der Waals surface area contributed by atoms with Crippen molar-refractivity contribution < 1.29 is 0 Å². The summed E-state index contributed by atoms with van der Waals surface area (Å²) in [5.74, 6) is 0. The number of anilines is 1. The highest BCUT2D eigenvalue weighted by molar-refractivity contribution is 7.09. The van der Waals surface area contributed by atoms with Gasteiger partial charge in [0, 0.05) is 41.1 Å². The molecule has 0 aromatic carbocycles. The topological polar surface area (TPSA) is 28.2 Å². The summed E-state index contributed by atoms with van der Waals surface area (Å²) in [5, 5.41) is 5.57. The van der Waals surface area contributed by atoms with E-state index in [1.54, 1.807) is 0 Å². The Hall–Kier alpha value is -1.39. The molecular formula is C16H21N3S. The molecule has 0 unspecified atom stereocenters. The molecule has 3 nitrogen and oxygen atoms in total. The third kappa shape index (κ3) is 3.19. The normalized spacial score (nSPS) is 14.4. The fraction of sp³-hybridized carbons (Fsp3) is 0.438. The zero-order valence-corrected chi connectivity index (χ0v) is 12.7. The van der Waals surface area contributed by atoms with Gasteiger partial charge < -0.3 is 10.2 Å². The molecule has 1 N–H and O–H groups in total. The predicted octanol–water partition coefficient (Wildman–Crippen LogP) is 3.42. The van der Waals surface area contributed by atoms with Crippen molar-refractivity contribution in [1.82, 2.24) is 10.3 Å². The Morgan fingerprint density at radius 3 is 3.00 bits per heavy atom. The van der Waals surface area contributed by atoms with Crippen LogP contribution in [0.4, 0.5) is 5.69 Å². The van der Waals surface area contributed by atoms with Crippen molar-refractivity contribution in [2.24, 2.45) is 0 Å². The van der Waals surface area contributed by atoms with E-state index in [0.29, 0.717) is 6.04 Å². The molecule has 0 bridgehead atoms. The van der Waals surface area contributed by atoms with Gasteiger partial charge in [-0.1, -0.05) is 13.0 Å². The zero-order chi connectivity index (χ0) is 13.8. The van der Waals surface area contributed by atoms with Gasteiger partial charge >= 0.3 is 0 Å². The molecule has 2 heterocycles. The molecule has 20 heavy (non-hydrogen) atoms. The molecule has 0 amide bonds. The van der Waals surface area contributed by atoms with Crippen LogP contribution in [0.3, 0.4) is 0 Å². The minimum absolute atomic E-state index is 0.708. The number of nitrogens with zero attached hydrogens (tertiary/aromatic N) is 2. The summed E-state index contributed by atoms with van der Waals surface area (Å²) in [4.78, 5) is 8.28. The Morgan fingerprint density at radius 2 is 2.30 bits per heavy atom. The van der Waals surface area contributed by atoms with Gasteiger partial charge in [0.15, 0.2) is 0 Å². The molecule has 2 aromatic heterocycles. The first-order chi connectivity index (χ1) is 9.88. The molecule has 4 heteroatoms. The van der Waals surface area contributed by atoms with Crippen LogP contribution in [0.5, 0.6) is 0 Å². The maximum Gasteiger partial charge on any atom is 0.0526 e. The summed E-state index contributed by atoms with van der Waals surface area (Å²) in [6.45, 7) is 5.04. The molecule has 0 saturated heterocycles. The van der Waals surface area contributed by atoms with Crippen molar-refractivity contribution in [3.8, 4) is 0 Å². The smallest absolute Gasteiger partial charge is 0.0526 e. The van der Waals surface area contributed by atoms with Gasteiger partial charge in [0.1, 0.15) is 0 Å². The number of thiophene rings is 1. The Balaban J connectivity index is 1.83. The first-order valence-electron chi connectivity index (χ1n) is 7.31. The molecule has 2 aromatic rings. The summed E-state index contributed by atoms with van der Waals surface area (Å²) in [6, 6.07) is 7.24. The lowest BCUT2D eigenvalue weighted by molar-refractivity contribution is 0.713. The molecule has 1 aliphatic rings. The van der Waals surface area contributed by atoms with Crippen LogP contribution < -0.4 is 10.2 Å². The van der Waals surface area contributed by atoms with Crippen LogP contribution in [-0.4, -0.2) is 17.6 Å². The number of nitrogens with one attached hydrogen (secondary N) is 1. The van der Waals surface area contributed by atoms with Gasteiger partial charge in [0.2, 0.25) is 0 Å². The summed E-state index contributed by atoms with van der Waals surface area (Å²) in [7, 11) is 0. The Labute approximate surface area is 124 Å². The van der Waals surface area contributed by atoms with E-state index in [2.05, 4.69) is 45.7 Å². The molecule has 0 radical (unpaired) electrons. The van der Waals surface area contributed by atoms with Crippen LogP contribution in [0.25, 0.3) is 0 Å². The average Bonchev–Trinajstić information content (AvgIpc) is 3.20. The SMILES string of the molecule is CCNCc1cnccc1N(Cc1cccs1)C1CC1. The molecule has 0 atom stereocenters. The van der Waals surface area contributed by atoms with Gasteiger partial charge in [-0.15, -0.1) is 11.3 Å². The number of hydrogen-bond donors (Lipinski definition) is 1. The summed E-state index contributed by atoms with van der Waals surface area (Å²) < 4.78 is 0. The fourth-order valence-electron chi connectivity index (χ4n) is 2.46. The van der Waals surface area contributed by atoms with Gasteiger partial charge in [0.05, 0.1) is 6.54 Å². The molecule has 1 fully saturated rings. The number of hydrogen-bond acceptors (Lipinski definition) is 4. The van der Waals surface area contributed by atoms with Gasteiger partial charge in [0.25, 0.3) is 0 Å². The second-order valence-electron chi connectivity index (χ2n) is 5.22. The highest BCUT2D eigenvalue weighted by Crippen LogP contribution is 2.35. The van der Waals surface area contributed by atoms with E-state index in [-0.39, 0.29) is 0 Å². The highest BCUT2D eigenvalue weighted by Gasteiger charge is 2.30. The summed E-state index contributed by atoms with van der Waals surface area (Å²) >= 11 is 1.84. The van der Waals surface area contributed by atoms with E-state index in [1.165, 1.54) is 29.0 Å². The van der Waals surface area contributed by atoms with Gasteiger partial charge in [-0.25, -0.2) is 0 Å². The van der Waals surface area contributed by atoms with Crippen molar-refractivity contribution in [3.63, 3.8) is 0 Å². The lowest BCUT2D eigenvalue weighted by Gasteiger charge is -2.26. The van der Waals surface area contributed by atoms with Crippen LogP contribution >= 0.6 is 11.3 Å². The monoisotopic (exact) mass is 287 g/mol. The Bertz CT molecular complexity index is 534. The summed E-state index contributed by atoms with van der Waals surface area (Å²) in [5.41, 5.74) is 2.65. The molecule has 106 valence electrons. The Kier molecular flexibility index (Phi) is 4.33. The summed E-state index contributed by atoms with van der Waals surface area (Å²) in [6.07, 6.45) is 6.54. The standard InChI is InChI=1S/C16H21N3S/c1-2-17-10-13-11-18-8-7-16(13)19(14-5-6-14)12-15-4-3-9-20-15/h3-4,7-9,11,14,17H,2,5-6,10,12H2,1H3. The second kappa shape index (κ2) is 6.37. The highest BCUT2D eigenvalue weighted by atomic mass is 32.1. The quantitative estimate of drug-likeness (QED) is 0.845. The van der Waals surface area contributed by atoms with Crippen LogP contribution in [0.1, 0.15) is 30.2 Å². The molecule has 0 aliphatic heterocycles. The zero-order valence-electron chi connectivity index (χ0n) is 11.9. The average molecular weight is 287 g/mol. The number of rotatable bonds is 7. The van der Waals surface area contributed by atoms with E-state index in [9.17, 15) is 0 Å². The van der Waals surface area contributed by atoms with Crippen LogP contribution in [0.15, 0.2) is 36.0 Å². The maximum absolute atomic E-state index is 4.29. The van der Waals surface area contributed by atoms with Crippen LogP contribution in [0, 0.1) is 0 Å². The third-order valence-electron chi connectivity index (χ3n) is 3.65. The minimum atomic E-state index is 0.708. The van der Waals surface area contributed by atoms with Crippen LogP contribution in [-0.2, 0) is 13.1 Å². The first-order valence-corrected chi connectivity index (χ1v) is 8.19. The number of aromatic nitrogens is 1. The van der Waals surface area contributed by atoms with E-state index in [1.807, 2.05) is 23.7 Å². The predicted molar refractivity (Wildman–Crippen MR) is 85.1 cm³/mol. The van der Waals surface area contributed by atoms with Gasteiger partial charge in [-0.2, -0.15) is 0 Å². The lowest BCUT2D eigenvalue weighted by Crippen LogP contribution is -2.27. The lowest BCUT2D eigenvalue weighted by atomic mass is 10.2. The second-order valence-corrected chi connectivity index (χ2v) is 6.26. The van der Waals surface area contributed by atoms with E-state index in [4.69, 9.17) is 0 Å². The first kappa shape index (κ1) is 13.6. The third-order valence-corrected chi connectivity index (χ3v) is 4.51. The van der Waals surface area contributed by atoms with Gasteiger partial charge in [-0.3, -0.25) is 4.98 Å². The molecular weight excluding hydrogens is 266 g/mol. The molecule has 1 aliphatic carbocycles. The largest absolute Gasteiger partial charge is 0.363 e. The maximum atomic E-state index is 4.29. The Morgan fingerprint density at radius 1 is 1.40 bits per heavy atom. The van der Waals surface area contributed by atoms with E-state index >= 15 is 0 Å². The molecule has 0 spiro atoms. The van der Waals surface area contributed by atoms with E-state index < -0.39 is 0 Å². The molecule has 3 rings (SSSR count). The van der Waals surface area contributed by atoms with E-state index in [0.717, 1.165) is 19.6 Å². The number of pyridine rings is 1. The van der Waals surface area contributed by atoms with Crippen molar-refractivity contribution in [2.45, 2.75) is 38.9 Å². The fourth-order valence-corrected chi connectivity index (χ4v) is 3.17. The van der Waals surface area contributed by atoms with Crippen molar-refractivity contribution in [1.29, 1.82) is 0 Å². The van der Waals surface area contributed by atoms with Crippen molar-refractivity contribution in [2.75, 3.05) is 11.4 Å². The van der Waals surface area contributed by atoms with Crippen molar-refractivity contribution >= 4 is 17.0 Å². The van der Waals surface area contributed by atoms with Crippen molar-refractivity contribution in [3.05, 3.63) is 46.4 Å².